The number of nitrogens with one attached hydrogen (secondary N) is 2. The molecule has 2 amide bonds. The molecule has 1 saturated carbocycles. The van der Waals surface area contributed by atoms with Crippen molar-refractivity contribution < 1.29 is 14.0 Å². The van der Waals surface area contributed by atoms with E-state index in [2.05, 4.69) is 10.6 Å². The van der Waals surface area contributed by atoms with Crippen molar-refractivity contribution in [2.45, 2.75) is 39.0 Å². The smallest absolute Gasteiger partial charge is 0.267 e. The highest BCUT2D eigenvalue weighted by Crippen LogP contribution is 2.22. The zero-order valence-electron chi connectivity index (χ0n) is 15.7. The minimum atomic E-state index is -0.321. The number of aryl methyl sites for hydroxylation is 1. The maximum absolute atomic E-state index is 12.7. The van der Waals surface area contributed by atoms with Crippen molar-refractivity contribution in [1.82, 2.24) is 10.6 Å². The van der Waals surface area contributed by atoms with Gasteiger partial charge in [0, 0.05) is 18.2 Å². The molecule has 1 aromatic heterocycles. The lowest BCUT2D eigenvalue weighted by molar-refractivity contribution is -0.118. The first kappa shape index (κ1) is 19.0. The van der Waals surface area contributed by atoms with E-state index in [1.165, 1.54) is 19.3 Å². The maximum Gasteiger partial charge on any atom is 0.267 e. The summed E-state index contributed by atoms with van der Waals surface area (Å²) in [6.07, 6.45) is 7.59. The van der Waals surface area contributed by atoms with E-state index in [1.807, 2.05) is 19.1 Å². The Kier molecular flexibility index (Phi) is 6.47. The molecule has 1 heterocycles. The van der Waals surface area contributed by atoms with Gasteiger partial charge in [-0.3, -0.25) is 9.59 Å². The topological polar surface area (TPSA) is 71.3 Å². The van der Waals surface area contributed by atoms with Crippen LogP contribution in [-0.2, 0) is 4.79 Å². The fraction of sp³-hybridized carbons (Fsp3) is 0.364. The molecule has 1 aliphatic rings. The molecular formula is C22H26N2O3. The lowest BCUT2D eigenvalue weighted by Crippen LogP contribution is -2.37. The van der Waals surface area contributed by atoms with Gasteiger partial charge in [-0.15, -0.1) is 0 Å². The highest BCUT2D eigenvalue weighted by atomic mass is 16.3. The van der Waals surface area contributed by atoms with Gasteiger partial charge in [-0.1, -0.05) is 37.5 Å². The van der Waals surface area contributed by atoms with Crippen LogP contribution in [0, 0.1) is 12.8 Å². The van der Waals surface area contributed by atoms with Gasteiger partial charge in [0.2, 0.25) is 0 Å². The average molecular weight is 366 g/mol. The molecule has 1 aliphatic carbocycles. The molecule has 1 aromatic carbocycles. The van der Waals surface area contributed by atoms with Crippen molar-refractivity contribution in [3.63, 3.8) is 0 Å². The summed E-state index contributed by atoms with van der Waals surface area (Å²) in [7, 11) is 0. The fourth-order valence-electron chi connectivity index (χ4n) is 3.34. The number of carbonyl (C=O) groups is 2. The van der Waals surface area contributed by atoms with Gasteiger partial charge in [0.1, 0.15) is 17.2 Å². The molecule has 2 aromatic rings. The quantitative estimate of drug-likeness (QED) is 0.758. The average Bonchev–Trinajstić information content (AvgIpc) is 3.11. The lowest BCUT2D eigenvalue weighted by Gasteiger charge is -2.22. The van der Waals surface area contributed by atoms with Crippen molar-refractivity contribution >= 4 is 17.9 Å². The number of rotatable bonds is 6. The SMILES string of the molecule is Cc1ccc(C=C(NC(=O)c2ccccc2)C(=O)NCC2CCCCC2)o1. The summed E-state index contributed by atoms with van der Waals surface area (Å²) in [6.45, 7) is 2.47. The fourth-order valence-corrected chi connectivity index (χ4v) is 3.34. The Hall–Kier alpha value is -2.82. The summed E-state index contributed by atoms with van der Waals surface area (Å²) in [4.78, 5) is 25.2. The minimum absolute atomic E-state index is 0.189. The normalized spacial score (nSPS) is 15.4. The molecule has 0 saturated heterocycles. The molecule has 5 nitrogen and oxygen atoms in total. The van der Waals surface area contributed by atoms with Gasteiger partial charge in [0.15, 0.2) is 0 Å². The minimum Gasteiger partial charge on any atom is -0.462 e. The molecule has 0 spiro atoms. The zero-order valence-corrected chi connectivity index (χ0v) is 15.7. The van der Waals surface area contributed by atoms with E-state index in [0.29, 0.717) is 23.8 Å². The first-order chi connectivity index (χ1) is 13.1. The van der Waals surface area contributed by atoms with Gasteiger partial charge >= 0.3 is 0 Å². The van der Waals surface area contributed by atoms with Crippen LogP contribution in [0.1, 0.15) is 54.0 Å². The van der Waals surface area contributed by atoms with Crippen molar-refractivity contribution in [2.75, 3.05) is 6.54 Å². The Morgan fingerprint density at radius 2 is 1.81 bits per heavy atom. The molecule has 0 aliphatic heterocycles. The molecule has 1 fully saturated rings. The largest absolute Gasteiger partial charge is 0.462 e. The molecule has 0 atom stereocenters. The molecular weight excluding hydrogens is 340 g/mol. The third-order valence-electron chi connectivity index (χ3n) is 4.85. The Morgan fingerprint density at radius 3 is 2.48 bits per heavy atom. The van der Waals surface area contributed by atoms with Crippen LogP contribution >= 0.6 is 0 Å². The molecule has 0 bridgehead atoms. The molecule has 2 N–H and O–H groups in total. The molecule has 0 unspecified atom stereocenters. The van der Waals surface area contributed by atoms with E-state index in [9.17, 15) is 9.59 Å². The second-order valence-electron chi connectivity index (χ2n) is 7.04. The van der Waals surface area contributed by atoms with E-state index in [1.54, 1.807) is 36.4 Å². The van der Waals surface area contributed by atoms with Gasteiger partial charge in [-0.25, -0.2) is 0 Å². The maximum atomic E-state index is 12.7. The number of carbonyl (C=O) groups excluding carboxylic acids is 2. The first-order valence-corrected chi connectivity index (χ1v) is 9.54. The Bertz CT molecular complexity index is 802. The summed E-state index contributed by atoms with van der Waals surface area (Å²) < 4.78 is 5.54. The van der Waals surface area contributed by atoms with Gasteiger partial charge in [0.25, 0.3) is 11.8 Å². The Balaban J connectivity index is 1.71. The monoisotopic (exact) mass is 366 g/mol. The first-order valence-electron chi connectivity index (χ1n) is 9.54. The third kappa shape index (κ3) is 5.58. The van der Waals surface area contributed by atoms with Crippen LogP contribution in [0.5, 0.6) is 0 Å². The van der Waals surface area contributed by atoms with Crippen LogP contribution in [0.2, 0.25) is 0 Å². The predicted octanol–water partition coefficient (Wildman–Crippen LogP) is 4.06. The summed E-state index contributed by atoms with van der Waals surface area (Å²) >= 11 is 0. The van der Waals surface area contributed by atoms with E-state index >= 15 is 0 Å². The molecule has 3 rings (SSSR count). The van der Waals surface area contributed by atoms with Crippen LogP contribution in [0.3, 0.4) is 0 Å². The number of hydrogen-bond acceptors (Lipinski definition) is 3. The van der Waals surface area contributed by atoms with Gasteiger partial charge in [-0.2, -0.15) is 0 Å². The van der Waals surface area contributed by atoms with Crippen molar-refractivity contribution in [3.05, 3.63) is 65.2 Å². The van der Waals surface area contributed by atoms with E-state index in [0.717, 1.165) is 18.6 Å². The summed E-state index contributed by atoms with van der Waals surface area (Å²) in [5.74, 6) is 1.18. The highest BCUT2D eigenvalue weighted by Gasteiger charge is 2.18. The van der Waals surface area contributed by atoms with Crippen LogP contribution in [0.4, 0.5) is 0 Å². The van der Waals surface area contributed by atoms with Crippen molar-refractivity contribution in [2.24, 2.45) is 5.92 Å². The second-order valence-corrected chi connectivity index (χ2v) is 7.04. The predicted molar refractivity (Wildman–Crippen MR) is 105 cm³/mol. The van der Waals surface area contributed by atoms with Gasteiger partial charge < -0.3 is 15.1 Å². The zero-order chi connectivity index (χ0) is 19.1. The van der Waals surface area contributed by atoms with E-state index in [4.69, 9.17) is 4.42 Å². The van der Waals surface area contributed by atoms with Crippen molar-refractivity contribution in [3.8, 4) is 0 Å². The van der Waals surface area contributed by atoms with Crippen LogP contribution in [0.25, 0.3) is 6.08 Å². The number of hydrogen-bond donors (Lipinski definition) is 2. The van der Waals surface area contributed by atoms with Crippen LogP contribution in [-0.4, -0.2) is 18.4 Å². The third-order valence-corrected chi connectivity index (χ3v) is 4.85. The second kappa shape index (κ2) is 9.21. The Morgan fingerprint density at radius 1 is 1.07 bits per heavy atom. The summed E-state index contributed by atoms with van der Waals surface area (Å²) in [6, 6.07) is 12.4. The number of amides is 2. The van der Waals surface area contributed by atoms with Crippen molar-refractivity contribution in [1.29, 1.82) is 0 Å². The molecule has 0 radical (unpaired) electrons. The standard InChI is InChI=1S/C22H26N2O3/c1-16-12-13-19(27-16)14-20(24-21(25)18-10-6-3-7-11-18)22(26)23-15-17-8-4-2-5-9-17/h3,6-7,10-14,17H,2,4-5,8-9,15H2,1H3,(H,23,26)(H,24,25). The molecule has 142 valence electrons. The van der Waals surface area contributed by atoms with E-state index in [-0.39, 0.29) is 17.5 Å². The number of furan rings is 1. The van der Waals surface area contributed by atoms with Gasteiger partial charge in [0.05, 0.1) is 0 Å². The lowest BCUT2D eigenvalue weighted by atomic mass is 9.89. The molecule has 5 heteroatoms. The summed E-state index contributed by atoms with van der Waals surface area (Å²) in [5, 5.41) is 5.70. The van der Waals surface area contributed by atoms with E-state index < -0.39 is 0 Å². The van der Waals surface area contributed by atoms with Crippen LogP contribution in [0.15, 0.2) is 52.6 Å². The number of benzene rings is 1. The van der Waals surface area contributed by atoms with Gasteiger partial charge in [-0.05, 0) is 49.9 Å². The molecule has 27 heavy (non-hydrogen) atoms. The summed E-state index contributed by atoms with van der Waals surface area (Å²) in [5.41, 5.74) is 0.688. The Labute approximate surface area is 159 Å². The van der Waals surface area contributed by atoms with Crippen LogP contribution < -0.4 is 10.6 Å². The highest BCUT2D eigenvalue weighted by molar-refractivity contribution is 6.05.